The van der Waals surface area contributed by atoms with Crippen LogP contribution in [0.15, 0.2) is 18.2 Å². The lowest BCUT2D eigenvalue weighted by Gasteiger charge is -2.42. The van der Waals surface area contributed by atoms with Crippen molar-refractivity contribution in [2.45, 2.75) is 50.5 Å². The van der Waals surface area contributed by atoms with Crippen LogP contribution in [0.3, 0.4) is 0 Å². The van der Waals surface area contributed by atoms with Gasteiger partial charge in [0.1, 0.15) is 0 Å². The Kier molecular flexibility index (Phi) is 4.75. The molecule has 104 valence electrons. The van der Waals surface area contributed by atoms with Crippen LogP contribution >= 0.6 is 23.2 Å². The van der Waals surface area contributed by atoms with Crippen LogP contribution in [0, 0.1) is 0 Å². The van der Waals surface area contributed by atoms with E-state index in [1.54, 1.807) is 0 Å². The summed E-state index contributed by atoms with van der Waals surface area (Å²) in [4.78, 5) is 10.8. The molecular formula is C15H19Cl2NO. The molecule has 1 atom stereocenters. The summed E-state index contributed by atoms with van der Waals surface area (Å²) in [5.74, 6) is 0. The summed E-state index contributed by atoms with van der Waals surface area (Å²) in [7, 11) is 0. The Morgan fingerprint density at radius 3 is 2.47 bits per heavy atom. The molecule has 0 radical (unpaired) electrons. The quantitative estimate of drug-likeness (QED) is 0.824. The highest BCUT2D eigenvalue weighted by Gasteiger charge is 2.39. The Labute approximate surface area is 124 Å². The Hall–Kier alpha value is -0.730. The lowest BCUT2D eigenvalue weighted by molar-refractivity contribution is -0.110. The van der Waals surface area contributed by atoms with Crippen LogP contribution in [0.25, 0.3) is 0 Å². The zero-order chi connectivity index (χ0) is 13.9. The van der Waals surface area contributed by atoms with Crippen molar-refractivity contribution in [2.24, 2.45) is 0 Å². The van der Waals surface area contributed by atoms with Crippen LogP contribution in [0.4, 0.5) is 0 Å². The van der Waals surface area contributed by atoms with Crippen molar-refractivity contribution in [3.05, 3.63) is 33.8 Å². The number of amides is 1. The molecule has 2 rings (SSSR count). The number of halogens is 2. The zero-order valence-corrected chi connectivity index (χ0v) is 12.6. The van der Waals surface area contributed by atoms with Gasteiger partial charge in [-0.2, -0.15) is 0 Å². The fraction of sp³-hybridized carbons (Fsp3) is 0.533. The Morgan fingerprint density at radius 2 is 1.89 bits per heavy atom. The van der Waals surface area contributed by atoms with Crippen molar-refractivity contribution < 1.29 is 4.79 Å². The number of rotatable bonds is 4. The standard InChI is InChI=1S/C15H19Cl2NO/c1-11(18-10-19)15(7-3-2-4-8-15)12-5-6-13(16)14(17)9-12/h5-6,9-11H,2-4,7-8H2,1H3,(H,18,19)/t11-/m1/s1. The van der Waals surface area contributed by atoms with E-state index in [9.17, 15) is 4.79 Å². The Bertz CT molecular complexity index is 455. The fourth-order valence-corrected chi connectivity index (χ4v) is 3.52. The van der Waals surface area contributed by atoms with Crippen LogP contribution in [0.1, 0.15) is 44.6 Å². The first-order valence-electron chi connectivity index (χ1n) is 6.75. The topological polar surface area (TPSA) is 29.1 Å². The molecule has 0 spiro atoms. The van der Waals surface area contributed by atoms with E-state index in [0.717, 1.165) is 19.3 Å². The summed E-state index contributed by atoms with van der Waals surface area (Å²) in [6.07, 6.45) is 6.58. The molecule has 0 unspecified atom stereocenters. The third-order valence-electron chi connectivity index (χ3n) is 4.39. The van der Waals surface area contributed by atoms with Crippen molar-refractivity contribution in [3.63, 3.8) is 0 Å². The van der Waals surface area contributed by atoms with Gasteiger partial charge in [-0.15, -0.1) is 0 Å². The molecule has 19 heavy (non-hydrogen) atoms. The zero-order valence-electron chi connectivity index (χ0n) is 11.1. The molecular weight excluding hydrogens is 281 g/mol. The number of carbonyl (C=O) groups is 1. The summed E-state index contributed by atoms with van der Waals surface area (Å²) in [6.45, 7) is 2.07. The van der Waals surface area contributed by atoms with E-state index in [1.165, 1.54) is 24.8 Å². The van der Waals surface area contributed by atoms with Crippen LogP contribution in [0.5, 0.6) is 0 Å². The maximum Gasteiger partial charge on any atom is 0.207 e. The van der Waals surface area contributed by atoms with E-state index >= 15 is 0 Å². The van der Waals surface area contributed by atoms with Crippen molar-refractivity contribution in [1.82, 2.24) is 5.32 Å². The minimum absolute atomic E-state index is 0.0204. The van der Waals surface area contributed by atoms with E-state index in [1.807, 2.05) is 18.2 Å². The van der Waals surface area contributed by atoms with Gasteiger partial charge in [-0.25, -0.2) is 0 Å². The smallest absolute Gasteiger partial charge is 0.207 e. The van der Waals surface area contributed by atoms with Crippen LogP contribution in [-0.4, -0.2) is 12.5 Å². The molecule has 4 heteroatoms. The van der Waals surface area contributed by atoms with Crippen molar-refractivity contribution >= 4 is 29.6 Å². The lowest BCUT2D eigenvalue weighted by Crippen LogP contribution is -2.47. The molecule has 1 N–H and O–H groups in total. The third-order valence-corrected chi connectivity index (χ3v) is 5.13. The van der Waals surface area contributed by atoms with Gasteiger partial charge in [0.05, 0.1) is 10.0 Å². The van der Waals surface area contributed by atoms with Gasteiger partial charge in [0.25, 0.3) is 0 Å². The first kappa shape index (κ1) is 14.7. The molecule has 1 aliphatic rings. The van der Waals surface area contributed by atoms with Gasteiger partial charge in [-0.1, -0.05) is 48.5 Å². The third kappa shape index (κ3) is 2.90. The predicted molar refractivity (Wildman–Crippen MR) is 79.9 cm³/mol. The second kappa shape index (κ2) is 6.15. The first-order valence-corrected chi connectivity index (χ1v) is 7.51. The molecule has 1 amide bonds. The molecule has 0 aliphatic heterocycles. The molecule has 1 fully saturated rings. The summed E-state index contributed by atoms with van der Waals surface area (Å²) in [6, 6.07) is 5.95. The molecule has 0 bridgehead atoms. The predicted octanol–water partition coefficient (Wildman–Crippen LogP) is 4.33. The SMILES string of the molecule is C[C@@H](NC=O)C1(c2ccc(Cl)c(Cl)c2)CCCCC1. The molecule has 0 heterocycles. The van der Waals surface area contributed by atoms with Crippen LogP contribution in [-0.2, 0) is 10.2 Å². The van der Waals surface area contributed by atoms with Gasteiger partial charge < -0.3 is 5.32 Å². The van der Waals surface area contributed by atoms with Gasteiger partial charge in [0.2, 0.25) is 6.41 Å². The summed E-state index contributed by atoms with van der Waals surface area (Å²) < 4.78 is 0. The number of benzene rings is 1. The maximum atomic E-state index is 10.8. The van der Waals surface area contributed by atoms with Crippen molar-refractivity contribution in [2.75, 3.05) is 0 Å². The summed E-state index contributed by atoms with van der Waals surface area (Å²) in [5.41, 5.74) is 1.16. The van der Waals surface area contributed by atoms with Gasteiger partial charge in [0.15, 0.2) is 0 Å². The fourth-order valence-electron chi connectivity index (χ4n) is 3.22. The maximum absolute atomic E-state index is 10.8. The largest absolute Gasteiger partial charge is 0.355 e. The number of carbonyl (C=O) groups excluding carboxylic acids is 1. The van der Waals surface area contributed by atoms with Crippen LogP contribution in [0.2, 0.25) is 10.0 Å². The number of nitrogens with one attached hydrogen (secondary N) is 1. The van der Waals surface area contributed by atoms with Crippen molar-refractivity contribution in [3.8, 4) is 0 Å². The van der Waals surface area contributed by atoms with Crippen molar-refractivity contribution in [1.29, 1.82) is 0 Å². The molecule has 1 aromatic rings. The van der Waals surface area contributed by atoms with Crippen LogP contribution < -0.4 is 5.32 Å². The highest BCUT2D eigenvalue weighted by molar-refractivity contribution is 6.42. The molecule has 0 aromatic heterocycles. The van der Waals surface area contributed by atoms with E-state index in [2.05, 4.69) is 12.2 Å². The van der Waals surface area contributed by atoms with E-state index < -0.39 is 0 Å². The minimum Gasteiger partial charge on any atom is -0.355 e. The normalized spacial score (nSPS) is 19.7. The highest BCUT2D eigenvalue weighted by atomic mass is 35.5. The number of hydrogen-bond acceptors (Lipinski definition) is 1. The summed E-state index contributed by atoms with van der Waals surface area (Å²) in [5, 5.41) is 4.09. The molecule has 2 nitrogen and oxygen atoms in total. The Morgan fingerprint density at radius 1 is 1.21 bits per heavy atom. The second-order valence-electron chi connectivity index (χ2n) is 5.35. The van der Waals surface area contributed by atoms with E-state index in [4.69, 9.17) is 23.2 Å². The number of hydrogen-bond donors (Lipinski definition) is 1. The molecule has 0 saturated heterocycles. The minimum atomic E-state index is -0.0204. The van der Waals surface area contributed by atoms with Gasteiger partial charge in [-0.3, -0.25) is 4.79 Å². The monoisotopic (exact) mass is 299 g/mol. The average Bonchev–Trinajstić information content (AvgIpc) is 2.43. The molecule has 1 aromatic carbocycles. The second-order valence-corrected chi connectivity index (χ2v) is 6.17. The summed E-state index contributed by atoms with van der Waals surface area (Å²) >= 11 is 12.2. The van der Waals surface area contributed by atoms with Gasteiger partial charge in [-0.05, 0) is 37.5 Å². The average molecular weight is 300 g/mol. The molecule has 1 aliphatic carbocycles. The van der Waals surface area contributed by atoms with E-state index in [-0.39, 0.29) is 11.5 Å². The Balaban J connectivity index is 2.40. The van der Waals surface area contributed by atoms with Gasteiger partial charge >= 0.3 is 0 Å². The molecule has 1 saturated carbocycles. The van der Waals surface area contributed by atoms with Gasteiger partial charge in [0, 0.05) is 11.5 Å². The first-order chi connectivity index (χ1) is 9.10. The lowest BCUT2D eigenvalue weighted by atomic mass is 9.65. The highest BCUT2D eigenvalue weighted by Crippen LogP contribution is 2.43. The van der Waals surface area contributed by atoms with E-state index in [0.29, 0.717) is 10.0 Å².